The van der Waals surface area contributed by atoms with Gasteiger partial charge in [0.1, 0.15) is 0 Å². The predicted molar refractivity (Wildman–Crippen MR) is 206 cm³/mol. The molecule has 9 nitrogen and oxygen atoms in total. The van der Waals surface area contributed by atoms with Crippen LogP contribution in [0.4, 0.5) is 0 Å². The molecular formula is C42H77N3O6. The largest absolute Gasteiger partial charge is 0.478 e. The van der Waals surface area contributed by atoms with Crippen LogP contribution in [0, 0.1) is 0 Å². The number of hydrazone groups is 1. The van der Waals surface area contributed by atoms with Crippen molar-refractivity contribution in [3.8, 4) is 0 Å². The van der Waals surface area contributed by atoms with Crippen LogP contribution in [0.25, 0.3) is 0 Å². The molecule has 0 radical (unpaired) electrons. The van der Waals surface area contributed by atoms with Crippen LogP contribution >= 0.6 is 0 Å². The summed E-state index contributed by atoms with van der Waals surface area (Å²) in [6, 6.07) is 0. The number of hydrogen-bond acceptors (Lipinski definition) is 9. The van der Waals surface area contributed by atoms with Crippen molar-refractivity contribution in [2.24, 2.45) is 5.10 Å². The Hall–Kier alpha value is -1.55. The Morgan fingerprint density at radius 1 is 0.471 bits per heavy atom. The second-order valence-corrected chi connectivity index (χ2v) is 15.6. The minimum Gasteiger partial charge on any atom is -0.478 e. The van der Waals surface area contributed by atoms with Gasteiger partial charge in [-0.2, -0.15) is 0 Å². The molecule has 9 heteroatoms. The van der Waals surface area contributed by atoms with Crippen LogP contribution in [0.5, 0.6) is 0 Å². The molecule has 1 N–H and O–H groups in total. The predicted octanol–water partition coefficient (Wildman–Crippen LogP) is 10.8. The molecule has 3 fully saturated rings. The SMILES string of the molecule is C1=C(OCCCCCCCCCCCC2CO2)NN(OCCCCCCCCCCCC2CO2)N=C1OCCCCCCCCCCCC1CO1. The standard InChI is InChI=1S/C42H77N3O6/c1(4-10-16-22-28-38-35-48-38)7-13-19-25-31-46-41-34-42(47-32-26-20-14-8-2-5-11-17-23-29-39-36-49-39)44-45(43-41)51-33-27-21-15-9-3-6-12-18-24-30-40-37-50-40/h34,38-40,43H,1-33,35-37H2. The lowest BCUT2D eigenvalue weighted by Gasteiger charge is -2.25. The Labute approximate surface area is 312 Å². The summed E-state index contributed by atoms with van der Waals surface area (Å²) < 4.78 is 28.1. The van der Waals surface area contributed by atoms with E-state index in [9.17, 15) is 0 Å². The summed E-state index contributed by atoms with van der Waals surface area (Å²) in [4.78, 5) is 5.99. The topological polar surface area (TPSA) is 92.9 Å². The van der Waals surface area contributed by atoms with Crippen LogP contribution in [0.1, 0.15) is 193 Å². The van der Waals surface area contributed by atoms with E-state index in [1.807, 2.05) is 6.08 Å². The highest BCUT2D eigenvalue weighted by Gasteiger charge is 2.22. The van der Waals surface area contributed by atoms with Crippen LogP contribution < -0.4 is 5.43 Å². The Kier molecular flexibility index (Phi) is 23.9. The molecule has 4 aliphatic heterocycles. The van der Waals surface area contributed by atoms with Crippen molar-refractivity contribution in [1.82, 2.24) is 10.7 Å². The average Bonchev–Trinajstić information content (AvgIpc) is 3.98. The van der Waals surface area contributed by atoms with E-state index in [1.54, 1.807) is 0 Å². The highest BCUT2D eigenvalue weighted by Crippen LogP contribution is 2.21. The Bertz CT molecular complexity index is 892. The first-order chi connectivity index (χ1) is 25.3. The third-order valence-corrected chi connectivity index (χ3v) is 10.6. The molecule has 0 spiro atoms. The van der Waals surface area contributed by atoms with Crippen LogP contribution in [0.15, 0.2) is 17.1 Å². The lowest BCUT2D eigenvalue weighted by Crippen LogP contribution is -2.39. The van der Waals surface area contributed by atoms with Gasteiger partial charge in [-0.3, -0.25) is 0 Å². The van der Waals surface area contributed by atoms with E-state index in [4.69, 9.17) is 28.5 Å². The zero-order valence-corrected chi connectivity index (χ0v) is 32.6. The summed E-state index contributed by atoms with van der Waals surface area (Å²) in [6.07, 6.45) is 42.3. The molecule has 0 saturated carbocycles. The van der Waals surface area contributed by atoms with E-state index in [1.165, 1.54) is 179 Å². The first-order valence-electron chi connectivity index (χ1n) is 22.0. The number of unbranched alkanes of at least 4 members (excludes halogenated alkanes) is 24. The van der Waals surface area contributed by atoms with Gasteiger partial charge in [0, 0.05) is 0 Å². The van der Waals surface area contributed by atoms with Crippen molar-refractivity contribution in [2.75, 3.05) is 39.6 Å². The lowest BCUT2D eigenvalue weighted by molar-refractivity contribution is -0.200. The molecular weight excluding hydrogens is 642 g/mol. The molecule has 0 bridgehead atoms. The van der Waals surface area contributed by atoms with Crippen molar-refractivity contribution in [1.29, 1.82) is 0 Å². The summed E-state index contributed by atoms with van der Waals surface area (Å²) in [5, 5.41) is 6.01. The Balaban J connectivity index is 0.998. The van der Waals surface area contributed by atoms with Gasteiger partial charge in [-0.15, -0.1) is 0 Å². The summed E-state index contributed by atoms with van der Waals surface area (Å²) >= 11 is 0. The zero-order chi connectivity index (χ0) is 35.3. The Morgan fingerprint density at radius 2 is 0.804 bits per heavy atom. The Morgan fingerprint density at radius 3 is 1.20 bits per heavy atom. The maximum Gasteiger partial charge on any atom is 0.240 e. The molecule has 4 aliphatic rings. The molecule has 0 aromatic heterocycles. The smallest absolute Gasteiger partial charge is 0.240 e. The molecule has 3 atom stereocenters. The summed E-state index contributed by atoms with van der Waals surface area (Å²) in [5.74, 6) is 1.22. The number of hydrazine groups is 1. The summed E-state index contributed by atoms with van der Waals surface area (Å²) in [6.45, 7) is 4.99. The fourth-order valence-corrected chi connectivity index (χ4v) is 6.94. The highest BCUT2D eigenvalue weighted by molar-refractivity contribution is 5.88. The van der Waals surface area contributed by atoms with Gasteiger partial charge in [-0.25, -0.2) is 10.3 Å². The van der Waals surface area contributed by atoms with Gasteiger partial charge in [0.25, 0.3) is 0 Å². The summed E-state index contributed by atoms with van der Waals surface area (Å²) in [7, 11) is 0. The van der Waals surface area contributed by atoms with Crippen LogP contribution in [-0.2, 0) is 28.5 Å². The van der Waals surface area contributed by atoms with Crippen LogP contribution in [0.3, 0.4) is 0 Å². The molecule has 51 heavy (non-hydrogen) atoms. The van der Waals surface area contributed by atoms with Crippen molar-refractivity contribution in [3.63, 3.8) is 0 Å². The molecule has 3 saturated heterocycles. The second kappa shape index (κ2) is 28.9. The van der Waals surface area contributed by atoms with Gasteiger partial charge in [0.05, 0.1) is 64.0 Å². The molecule has 0 amide bonds. The fourth-order valence-electron chi connectivity index (χ4n) is 6.94. The number of ether oxygens (including phenoxy) is 5. The number of nitrogens with one attached hydrogen (secondary N) is 1. The van der Waals surface area contributed by atoms with Gasteiger partial charge in [-0.1, -0.05) is 164 Å². The number of rotatable bonds is 38. The van der Waals surface area contributed by atoms with E-state index in [2.05, 4.69) is 10.5 Å². The second-order valence-electron chi connectivity index (χ2n) is 15.6. The number of nitrogens with zero attached hydrogens (tertiary/aromatic N) is 2. The third-order valence-electron chi connectivity index (χ3n) is 10.6. The highest BCUT2D eigenvalue weighted by atomic mass is 16.7. The number of epoxide rings is 3. The molecule has 296 valence electrons. The molecule has 0 aromatic carbocycles. The van der Waals surface area contributed by atoms with Crippen molar-refractivity contribution in [3.05, 3.63) is 12.0 Å². The summed E-state index contributed by atoms with van der Waals surface area (Å²) in [5.41, 5.74) is 3.19. The quantitative estimate of drug-likeness (QED) is 0.0498. The molecule has 0 aromatic rings. The monoisotopic (exact) mass is 720 g/mol. The maximum absolute atomic E-state index is 6.13. The van der Waals surface area contributed by atoms with Crippen LogP contribution in [0.2, 0.25) is 0 Å². The van der Waals surface area contributed by atoms with Crippen molar-refractivity contribution >= 4 is 5.90 Å². The molecule has 0 aliphatic carbocycles. The van der Waals surface area contributed by atoms with E-state index >= 15 is 0 Å². The minimum absolute atomic E-state index is 0.565. The van der Waals surface area contributed by atoms with E-state index in [-0.39, 0.29) is 0 Å². The van der Waals surface area contributed by atoms with Gasteiger partial charge in [0.2, 0.25) is 11.8 Å². The molecule has 3 unspecified atom stereocenters. The average molecular weight is 720 g/mol. The maximum atomic E-state index is 6.13. The van der Waals surface area contributed by atoms with E-state index in [0.29, 0.717) is 49.9 Å². The van der Waals surface area contributed by atoms with Gasteiger partial charge in [0.15, 0.2) is 0 Å². The molecule has 4 heterocycles. The number of hydrogen-bond donors (Lipinski definition) is 1. The van der Waals surface area contributed by atoms with Crippen LogP contribution in [-0.4, -0.2) is 69.1 Å². The molecule has 4 rings (SSSR count). The fraction of sp³-hybridized carbons (Fsp3) is 0.929. The first kappa shape index (κ1) is 42.2. The van der Waals surface area contributed by atoms with Crippen molar-refractivity contribution < 1.29 is 28.5 Å². The van der Waals surface area contributed by atoms with E-state index < -0.39 is 0 Å². The first-order valence-corrected chi connectivity index (χ1v) is 22.0. The minimum atomic E-state index is 0.565. The third kappa shape index (κ3) is 25.2. The van der Waals surface area contributed by atoms with Gasteiger partial charge < -0.3 is 23.7 Å². The van der Waals surface area contributed by atoms with Gasteiger partial charge >= 0.3 is 0 Å². The lowest BCUT2D eigenvalue weighted by atomic mass is 10.1. The normalized spacial score (nSPS) is 20.5. The van der Waals surface area contributed by atoms with Crippen molar-refractivity contribution in [2.45, 2.75) is 211 Å². The zero-order valence-electron chi connectivity index (χ0n) is 32.6. The van der Waals surface area contributed by atoms with E-state index in [0.717, 1.165) is 39.1 Å². The van der Waals surface area contributed by atoms with Gasteiger partial charge in [-0.05, 0) is 38.5 Å².